The van der Waals surface area contributed by atoms with E-state index in [-0.39, 0.29) is 6.03 Å². The van der Waals surface area contributed by atoms with Crippen molar-refractivity contribution in [3.05, 3.63) is 35.7 Å². The van der Waals surface area contributed by atoms with E-state index in [1.165, 1.54) is 0 Å². The van der Waals surface area contributed by atoms with Gasteiger partial charge in [-0.15, -0.1) is 0 Å². The molecule has 0 saturated heterocycles. The second kappa shape index (κ2) is 7.30. The molecule has 0 aromatic carbocycles. The van der Waals surface area contributed by atoms with Crippen LogP contribution in [0.15, 0.2) is 18.7 Å². The number of likely N-dealkylation sites (N-methyl/N-ethyl adjacent to an activating group) is 1. The van der Waals surface area contributed by atoms with Crippen molar-refractivity contribution >= 4 is 6.03 Å². The molecule has 2 aromatic heterocycles. The summed E-state index contributed by atoms with van der Waals surface area (Å²) in [5, 5.41) is 7.52. The first-order valence-electron chi connectivity index (χ1n) is 7.89. The zero-order valence-corrected chi connectivity index (χ0v) is 14.6. The molecule has 0 aliphatic rings. The minimum atomic E-state index is -0.0822. The van der Waals surface area contributed by atoms with Gasteiger partial charge >= 0.3 is 6.03 Å². The molecular weight excluding hydrogens is 292 g/mol. The molecule has 2 heterocycles. The maximum absolute atomic E-state index is 12.2. The standard InChI is InChI=1S/C16H26N6O/c1-12(2)22-14(4)15(13(3)19-22)10-18-16(23)20(5)8-9-21-7-6-17-11-21/h6-7,11-12H,8-10H2,1-5H3,(H,18,23). The van der Waals surface area contributed by atoms with E-state index in [1.54, 1.807) is 24.5 Å². The predicted molar refractivity (Wildman–Crippen MR) is 89.2 cm³/mol. The SMILES string of the molecule is Cc1nn(C(C)C)c(C)c1CNC(=O)N(C)CCn1ccnc1. The predicted octanol–water partition coefficient (Wildman–Crippen LogP) is 2.12. The van der Waals surface area contributed by atoms with Crippen molar-refractivity contribution in [2.45, 2.75) is 46.8 Å². The molecule has 0 aliphatic carbocycles. The second-order valence-corrected chi connectivity index (χ2v) is 6.07. The smallest absolute Gasteiger partial charge is 0.317 e. The van der Waals surface area contributed by atoms with Gasteiger partial charge in [-0.1, -0.05) is 0 Å². The summed E-state index contributed by atoms with van der Waals surface area (Å²) in [4.78, 5) is 17.9. The van der Waals surface area contributed by atoms with Crippen LogP contribution in [0.25, 0.3) is 0 Å². The van der Waals surface area contributed by atoms with Gasteiger partial charge in [0.05, 0.1) is 12.0 Å². The maximum Gasteiger partial charge on any atom is 0.317 e. The molecule has 0 bridgehead atoms. The van der Waals surface area contributed by atoms with Crippen molar-refractivity contribution in [2.24, 2.45) is 0 Å². The lowest BCUT2D eigenvalue weighted by Crippen LogP contribution is -2.38. The Bertz CT molecular complexity index is 644. The first kappa shape index (κ1) is 17.1. The van der Waals surface area contributed by atoms with Gasteiger partial charge in [-0.25, -0.2) is 9.78 Å². The van der Waals surface area contributed by atoms with Gasteiger partial charge < -0.3 is 14.8 Å². The van der Waals surface area contributed by atoms with Crippen molar-refractivity contribution in [2.75, 3.05) is 13.6 Å². The molecule has 7 nitrogen and oxygen atoms in total. The van der Waals surface area contributed by atoms with E-state index in [9.17, 15) is 4.79 Å². The van der Waals surface area contributed by atoms with E-state index in [2.05, 4.69) is 29.2 Å². The minimum Gasteiger partial charge on any atom is -0.336 e. The molecule has 0 spiro atoms. The van der Waals surface area contributed by atoms with Crippen LogP contribution in [0.3, 0.4) is 0 Å². The molecule has 0 aliphatic heterocycles. The lowest BCUT2D eigenvalue weighted by Gasteiger charge is -2.18. The summed E-state index contributed by atoms with van der Waals surface area (Å²) in [6.07, 6.45) is 5.37. The third-order valence-electron chi connectivity index (χ3n) is 3.98. The highest BCUT2D eigenvalue weighted by molar-refractivity contribution is 5.73. The van der Waals surface area contributed by atoms with Crippen molar-refractivity contribution in [1.29, 1.82) is 0 Å². The fraction of sp³-hybridized carbons (Fsp3) is 0.562. The number of urea groups is 1. The van der Waals surface area contributed by atoms with Crippen LogP contribution in [0.4, 0.5) is 4.79 Å². The molecule has 23 heavy (non-hydrogen) atoms. The number of carbonyl (C=O) groups is 1. The Kier molecular flexibility index (Phi) is 5.41. The monoisotopic (exact) mass is 318 g/mol. The van der Waals surface area contributed by atoms with Gasteiger partial charge in [0.2, 0.25) is 0 Å². The summed E-state index contributed by atoms with van der Waals surface area (Å²) in [7, 11) is 1.80. The second-order valence-electron chi connectivity index (χ2n) is 6.07. The van der Waals surface area contributed by atoms with Crippen LogP contribution in [-0.4, -0.2) is 43.9 Å². The zero-order valence-electron chi connectivity index (χ0n) is 14.6. The molecule has 0 unspecified atom stereocenters. The number of imidazole rings is 1. The Morgan fingerprint density at radius 2 is 2.13 bits per heavy atom. The molecule has 2 aromatic rings. The van der Waals surface area contributed by atoms with Gasteiger partial charge in [-0.05, 0) is 27.7 Å². The summed E-state index contributed by atoms with van der Waals surface area (Å²) >= 11 is 0. The van der Waals surface area contributed by atoms with Crippen LogP contribution in [0, 0.1) is 13.8 Å². The third kappa shape index (κ3) is 4.12. The molecule has 0 saturated carbocycles. The number of rotatable bonds is 6. The largest absolute Gasteiger partial charge is 0.336 e. The van der Waals surface area contributed by atoms with E-state index in [1.807, 2.05) is 29.3 Å². The highest BCUT2D eigenvalue weighted by Crippen LogP contribution is 2.16. The normalized spacial score (nSPS) is 11.0. The average Bonchev–Trinajstić information content (AvgIpc) is 3.11. The lowest BCUT2D eigenvalue weighted by atomic mass is 10.2. The number of hydrogen-bond acceptors (Lipinski definition) is 3. The van der Waals surface area contributed by atoms with Crippen molar-refractivity contribution in [1.82, 2.24) is 29.5 Å². The van der Waals surface area contributed by atoms with Crippen molar-refractivity contribution in [3.63, 3.8) is 0 Å². The van der Waals surface area contributed by atoms with Crippen LogP contribution in [0.5, 0.6) is 0 Å². The number of aromatic nitrogens is 4. The summed E-state index contributed by atoms with van der Waals surface area (Å²) in [6, 6.07) is 0.234. The third-order valence-corrected chi connectivity index (χ3v) is 3.98. The molecule has 7 heteroatoms. The van der Waals surface area contributed by atoms with Crippen LogP contribution in [0.1, 0.15) is 36.8 Å². The zero-order chi connectivity index (χ0) is 17.0. The number of carbonyl (C=O) groups excluding carboxylic acids is 1. The Labute approximate surface area is 137 Å². The minimum absolute atomic E-state index is 0.0822. The first-order valence-corrected chi connectivity index (χ1v) is 7.89. The number of amides is 2. The molecule has 2 amide bonds. The number of hydrogen-bond donors (Lipinski definition) is 1. The molecule has 1 N–H and O–H groups in total. The Balaban J connectivity index is 1.88. The van der Waals surface area contributed by atoms with Crippen molar-refractivity contribution in [3.8, 4) is 0 Å². The molecule has 0 radical (unpaired) electrons. The van der Waals surface area contributed by atoms with Crippen LogP contribution >= 0.6 is 0 Å². The van der Waals surface area contributed by atoms with E-state index >= 15 is 0 Å². The van der Waals surface area contributed by atoms with Crippen molar-refractivity contribution < 1.29 is 4.79 Å². The van der Waals surface area contributed by atoms with Gasteiger partial charge in [0.1, 0.15) is 0 Å². The summed E-state index contributed by atoms with van der Waals surface area (Å²) in [5.41, 5.74) is 3.17. The summed E-state index contributed by atoms with van der Waals surface area (Å²) < 4.78 is 3.95. The highest BCUT2D eigenvalue weighted by Gasteiger charge is 2.15. The van der Waals surface area contributed by atoms with Gasteiger partial charge in [0.25, 0.3) is 0 Å². The number of nitrogens with zero attached hydrogens (tertiary/aromatic N) is 5. The molecule has 0 fully saturated rings. The van der Waals surface area contributed by atoms with Crippen LogP contribution in [-0.2, 0) is 13.1 Å². The number of aryl methyl sites for hydroxylation is 1. The van der Waals surface area contributed by atoms with Gasteiger partial charge in [-0.2, -0.15) is 5.10 Å². The fourth-order valence-corrected chi connectivity index (χ4v) is 2.54. The quantitative estimate of drug-likeness (QED) is 0.887. The first-order chi connectivity index (χ1) is 10.9. The van der Waals surface area contributed by atoms with Crippen LogP contribution in [0.2, 0.25) is 0 Å². The lowest BCUT2D eigenvalue weighted by molar-refractivity contribution is 0.206. The fourth-order valence-electron chi connectivity index (χ4n) is 2.54. The van der Waals surface area contributed by atoms with Gasteiger partial charge in [0.15, 0.2) is 0 Å². The topological polar surface area (TPSA) is 68.0 Å². The molecule has 126 valence electrons. The average molecular weight is 318 g/mol. The summed E-state index contributed by atoms with van der Waals surface area (Å²) in [6.45, 7) is 10.1. The van der Waals surface area contributed by atoms with E-state index in [4.69, 9.17) is 0 Å². The maximum atomic E-state index is 12.2. The van der Waals surface area contributed by atoms with E-state index < -0.39 is 0 Å². The highest BCUT2D eigenvalue weighted by atomic mass is 16.2. The summed E-state index contributed by atoms with van der Waals surface area (Å²) in [5.74, 6) is 0. The van der Waals surface area contributed by atoms with E-state index in [0.29, 0.717) is 19.1 Å². The molecule has 2 rings (SSSR count). The van der Waals surface area contributed by atoms with Crippen LogP contribution < -0.4 is 5.32 Å². The van der Waals surface area contributed by atoms with E-state index in [0.717, 1.165) is 23.5 Å². The molecular formula is C16H26N6O. The number of nitrogens with one attached hydrogen (secondary N) is 1. The van der Waals surface area contributed by atoms with Gasteiger partial charge in [0, 0.05) is 56.4 Å². The molecule has 0 atom stereocenters. The Morgan fingerprint density at radius 3 is 2.70 bits per heavy atom. The van der Waals surface area contributed by atoms with Gasteiger partial charge in [-0.3, -0.25) is 4.68 Å². The Hall–Kier alpha value is -2.31. The Morgan fingerprint density at radius 1 is 1.39 bits per heavy atom.